The zero-order chi connectivity index (χ0) is 17.3. The molecule has 4 bridgehead atoms. The minimum absolute atomic E-state index is 0. The van der Waals surface area contributed by atoms with Crippen LogP contribution in [0.4, 0.5) is 0 Å². The maximum absolute atomic E-state index is 12.9. The average Bonchev–Trinajstić information content (AvgIpc) is 2.79. The summed E-state index contributed by atoms with van der Waals surface area (Å²) in [6.07, 6.45) is 4.65. The second-order valence-corrected chi connectivity index (χ2v) is 8.66. The molecule has 1 aromatic rings. The Morgan fingerprint density at radius 2 is 1.26 bits per heavy atom. The van der Waals surface area contributed by atoms with Crippen LogP contribution in [0.3, 0.4) is 0 Å². The molecule has 0 unspecified atom stereocenters. The fraction of sp³-hybridized carbons (Fsp3) is 0.600. The van der Waals surface area contributed by atoms with Gasteiger partial charge in [0, 0.05) is 39.0 Å². The van der Waals surface area contributed by atoms with Gasteiger partial charge in [-0.15, -0.1) is 0 Å². The van der Waals surface area contributed by atoms with Gasteiger partial charge in [0.1, 0.15) is 0 Å². The van der Waals surface area contributed by atoms with E-state index in [1.54, 1.807) is 24.3 Å². The van der Waals surface area contributed by atoms with Gasteiger partial charge >= 0.3 is 0 Å². The van der Waals surface area contributed by atoms with Gasteiger partial charge in [0.25, 0.3) is 11.8 Å². The second-order valence-electron chi connectivity index (χ2n) is 8.66. The van der Waals surface area contributed by atoms with Crippen molar-refractivity contribution < 1.29 is 58.8 Å². The molecule has 0 aromatic heterocycles. The maximum atomic E-state index is 12.9. The van der Waals surface area contributed by atoms with Crippen molar-refractivity contribution in [1.29, 1.82) is 0 Å². The monoisotopic (exact) mass is 547 g/mol. The number of rotatable bonds is 3. The summed E-state index contributed by atoms with van der Waals surface area (Å²) in [5.41, 5.74) is 0.418. The molecular formula is C20H23NO4Rh2. The van der Waals surface area contributed by atoms with E-state index in [-0.39, 0.29) is 56.2 Å². The van der Waals surface area contributed by atoms with Crippen molar-refractivity contribution in [1.82, 2.24) is 4.90 Å². The number of amides is 2. The van der Waals surface area contributed by atoms with Crippen LogP contribution in [0.15, 0.2) is 24.3 Å². The maximum Gasteiger partial charge on any atom is 0.262 e. The summed E-state index contributed by atoms with van der Waals surface area (Å²) >= 11 is 0. The van der Waals surface area contributed by atoms with Gasteiger partial charge in [-0.05, 0) is 73.8 Å². The molecule has 4 fully saturated rings. The number of nitrogens with zero attached hydrogens (tertiary/aromatic N) is 1. The molecule has 4 saturated carbocycles. The van der Waals surface area contributed by atoms with Crippen LogP contribution in [0, 0.1) is 23.2 Å². The third-order valence-corrected chi connectivity index (χ3v) is 7.10. The summed E-state index contributed by atoms with van der Waals surface area (Å²) in [5, 5.41) is 20.5. The van der Waals surface area contributed by atoms with Crippen LogP contribution in [0.2, 0.25) is 0 Å². The Hall–Kier alpha value is -0.473. The molecule has 1 heterocycles. The molecule has 2 amide bonds. The van der Waals surface area contributed by atoms with E-state index >= 15 is 0 Å². The Morgan fingerprint density at radius 1 is 0.852 bits per heavy atom. The molecular weight excluding hydrogens is 524 g/mol. The molecule has 1 aromatic carbocycles. The summed E-state index contributed by atoms with van der Waals surface area (Å²) in [6, 6.07) is 5.94. The molecule has 2 radical (unpaired) electrons. The first-order valence-corrected chi connectivity index (χ1v) is 9.31. The molecule has 0 spiro atoms. The molecule has 6 rings (SSSR count). The Labute approximate surface area is 184 Å². The SMILES string of the molecule is O=C1c2ccccc2C(=O)N1[C@H](C(O)O)C12CC3CC(CC(C3)C1)C2.[Rh].[Rh]. The van der Waals surface area contributed by atoms with Gasteiger partial charge in [-0.3, -0.25) is 14.5 Å². The molecule has 2 N–H and O–H groups in total. The number of imide groups is 1. The van der Waals surface area contributed by atoms with E-state index in [0.29, 0.717) is 28.9 Å². The van der Waals surface area contributed by atoms with E-state index in [4.69, 9.17) is 0 Å². The standard InChI is InChI=1S/C20H23NO4.2Rh/c22-17-14-3-1-2-4-15(14)18(23)21(17)16(19(24)25)20-8-11-5-12(9-20)7-13(6-11)10-20;;/h1-4,11-13,16,19,24-25H,5-10H2;;/t11?,12?,13?,16-,20?;;/m1../s1. The number of hydrogen-bond acceptors (Lipinski definition) is 4. The molecule has 1 aliphatic heterocycles. The summed E-state index contributed by atoms with van der Waals surface area (Å²) < 4.78 is 0. The molecule has 0 saturated heterocycles. The first kappa shape index (κ1) is 21.2. The number of benzene rings is 1. The third kappa shape index (κ3) is 3.10. The molecule has 5 aliphatic rings. The number of aliphatic hydroxyl groups excluding tert-OH is 1. The minimum atomic E-state index is -1.70. The average molecular weight is 547 g/mol. The zero-order valence-corrected chi connectivity index (χ0v) is 18.0. The van der Waals surface area contributed by atoms with E-state index in [1.165, 1.54) is 24.2 Å². The van der Waals surface area contributed by atoms with Crippen LogP contribution in [-0.4, -0.2) is 39.3 Å². The van der Waals surface area contributed by atoms with Crippen molar-refractivity contribution in [3.8, 4) is 0 Å². The first-order valence-electron chi connectivity index (χ1n) is 9.31. The Morgan fingerprint density at radius 3 is 1.63 bits per heavy atom. The molecule has 150 valence electrons. The van der Waals surface area contributed by atoms with Gasteiger partial charge in [-0.1, -0.05) is 12.1 Å². The van der Waals surface area contributed by atoms with Crippen LogP contribution in [0.5, 0.6) is 0 Å². The van der Waals surface area contributed by atoms with Crippen LogP contribution in [-0.2, 0) is 39.0 Å². The molecule has 5 nitrogen and oxygen atoms in total. The van der Waals surface area contributed by atoms with Crippen molar-refractivity contribution in [3.05, 3.63) is 35.4 Å². The fourth-order valence-electron chi connectivity index (χ4n) is 6.72. The van der Waals surface area contributed by atoms with Gasteiger partial charge in [0.15, 0.2) is 6.29 Å². The largest absolute Gasteiger partial charge is 0.366 e. The minimum Gasteiger partial charge on any atom is -0.366 e. The molecule has 1 atom stereocenters. The summed E-state index contributed by atoms with van der Waals surface area (Å²) in [7, 11) is 0. The van der Waals surface area contributed by atoms with Crippen molar-refractivity contribution >= 4 is 11.8 Å². The third-order valence-electron chi connectivity index (χ3n) is 7.10. The second kappa shape index (κ2) is 7.41. The van der Waals surface area contributed by atoms with Crippen molar-refractivity contribution in [2.45, 2.75) is 50.9 Å². The van der Waals surface area contributed by atoms with Crippen molar-refractivity contribution in [2.24, 2.45) is 23.2 Å². The Bertz CT molecular complexity index is 696. The number of hydrogen-bond donors (Lipinski definition) is 2. The summed E-state index contributed by atoms with van der Waals surface area (Å²) in [6.45, 7) is 0. The molecule has 4 aliphatic carbocycles. The number of carbonyl (C=O) groups excluding carboxylic acids is 2. The van der Waals surface area contributed by atoms with E-state index in [0.717, 1.165) is 19.3 Å². The van der Waals surface area contributed by atoms with Crippen LogP contribution in [0.25, 0.3) is 0 Å². The Balaban J connectivity index is 0.00000105. The Kier molecular flexibility index (Phi) is 5.83. The van der Waals surface area contributed by atoms with Crippen molar-refractivity contribution in [3.63, 3.8) is 0 Å². The summed E-state index contributed by atoms with van der Waals surface area (Å²) in [4.78, 5) is 27.0. The zero-order valence-electron chi connectivity index (χ0n) is 14.8. The van der Waals surface area contributed by atoms with E-state index < -0.39 is 12.3 Å². The molecule has 27 heavy (non-hydrogen) atoms. The van der Waals surface area contributed by atoms with Crippen molar-refractivity contribution in [2.75, 3.05) is 0 Å². The topological polar surface area (TPSA) is 77.8 Å². The van der Waals surface area contributed by atoms with Gasteiger partial charge < -0.3 is 10.2 Å². The van der Waals surface area contributed by atoms with Crippen LogP contribution >= 0.6 is 0 Å². The van der Waals surface area contributed by atoms with Gasteiger partial charge in [-0.2, -0.15) is 0 Å². The number of fused-ring (bicyclic) bond motifs is 1. The number of aliphatic hydroxyl groups is 2. The van der Waals surface area contributed by atoms with Crippen LogP contribution in [0.1, 0.15) is 59.2 Å². The quantitative estimate of drug-likeness (QED) is 0.346. The fourth-order valence-corrected chi connectivity index (χ4v) is 6.72. The smallest absolute Gasteiger partial charge is 0.262 e. The number of carbonyl (C=O) groups is 2. The summed E-state index contributed by atoms with van der Waals surface area (Å²) in [5.74, 6) is 1.04. The first-order chi connectivity index (χ1) is 12.0. The van der Waals surface area contributed by atoms with E-state index in [2.05, 4.69) is 0 Å². The molecule has 7 heteroatoms. The van der Waals surface area contributed by atoms with E-state index in [9.17, 15) is 19.8 Å². The van der Waals surface area contributed by atoms with Gasteiger partial charge in [-0.25, -0.2) is 0 Å². The van der Waals surface area contributed by atoms with Gasteiger partial charge in [0.2, 0.25) is 0 Å². The normalized spacial score (nSPS) is 34.3. The van der Waals surface area contributed by atoms with Gasteiger partial charge in [0.05, 0.1) is 17.2 Å². The van der Waals surface area contributed by atoms with E-state index in [1.807, 2.05) is 0 Å². The predicted molar refractivity (Wildman–Crippen MR) is 89.6 cm³/mol. The predicted octanol–water partition coefficient (Wildman–Crippen LogP) is 2.17. The van der Waals surface area contributed by atoms with Crippen LogP contribution < -0.4 is 0 Å².